The van der Waals surface area contributed by atoms with Crippen molar-refractivity contribution in [2.75, 3.05) is 32.6 Å². The van der Waals surface area contributed by atoms with Gasteiger partial charge in [0.05, 0.1) is 33.4 Å². The SMILES string of the molecule is Cc1ccc(-c2ccc(C=CC(=O)Nc3ccc(C[N+](C)(C)C4CCOCC4)cc3)s2)cc1. The average molecular weight is 462 g/mol. The van der Waals surface area contributed by atoms with Gasteiger partial charge in [-0.25, -0.2) is 0 Å². The summed E-state index contributed by atoms with van der Waals surface area (Å²) in [4.78, 5) is 14.7. The van der Waals surface area contributed by atoms with Gasteiger partial charge in [0, 0.05) is 39.9 Å². The molecule has 1 aromatic heterocycles. The topological polar surface area (TPSA) is 38.3 Å². The maximum absolute atomic E-state index is 12.4. The average Bonchev–Trinajstić information content (AvgIpc) is 3.29. The van der Waals surface area contributed by atoms with Crippen LogP contribution in [0.15, 0.2) is 66.7 Å². The van der Waals surface area contributed by atoms with Gasteiger partial charge in [0.1, 0.15) is 6.54 Å². The molecule has 1 amide bonds. The van der Waals surface area contributed by atoms with Crippen LogP contribution in [0.4, 0.5) is 5.69 Å². The normalized spacial score (nSPS) is 15.1. The van der Waals surface area contributed by atoms with Crippen molar-refractivity contribution in [3.05, 3.63) is 82.7 Å². The molecule has 2 aromatic carbocycles. The second-order valence-electron chi connectivity index (χ2n) is 9.37. The van der Waals surface area contributed by atoms with Crippen molar-refractivity contribution in [1.29, 1.82) is 0 Å². The molecule has 1 aliphatic rings. The molecule has 1 N–H and O–H groups in total. The van der Waals surface area contributed by atoms with Gasteiger partial charge in [-0.15, -0.1) is 11.3 Å². The molecule has 2 heterocycles. The first-order valence-electron chi connectivity index (χ1n) is 11.5. The maximum atomic E-state index is 12.4. The lowest BCUT2D eigenvalue weighted by Crippen LogP contribution is -2.50. The monoisotopic (exact) mass is 461 g/mol. The van der Waals surface area contributed by atoms with E-state index in [1.807, 2.05) is 18.2 Å². The first-order chi connectivity index (χ1) is 15.9. The number of nitrogens with one attached hydrogen (secondary N) is 1. The van der Waals surface area contributed by atoms with E-state index in [2.05, 4.69) is 74.9 Å². The van der Waals surface area contributed by atoms with Gasteiger partial charge >= 0.3 is 0 Å². The minimum Gasteiger partial charge on any atom is -0.381 e. The van der Waals surface area contributed by atoms with Gasteiger partial charge in [-0.3, -0.25) is 4.79 Å². The zero-order chi connectivity index (χ0) is 23.3. The molecule has 3 aromatic rings. The number of hydrogen-bond donors (Lipinski definition) is 1. The predicted octanol–water partition coefficient (Wildman–Crippen LogP) is 6.13. The largest absolute Gasteiger partial charge is 0.381 e. The lowest BCUT2D eigenvalue weighted by molar-refractivity contribution is -0.929. The summed E-state index contributed by atoms with van der Waals surface area (Å²) in [5.41, 5.74) is 4.55. The Balaban J connectivity index is 1.31. The smallest absolute Gasteiger partial charge is 0.248 e. The van der Waals surface area contributed by atoms with E-state index < -0.39 is 0 Å². The maximum Gasteiger partial charge on any atom is 0.248 e. The first-order valence-corrected chi connectivity index (χ1v) is 12.4. The number of nitrogens with zero attached hydrogens (tertiary/aromatic N) is 1. The Labute approximate surface area is 201 Å². The third-order valence-electron chi connectivity index (χ3n) is 6.35. The fourth-order valence-corrected chi connectivity index (χ4v) is 5.25. The highest BCUT2D eigenvalue weighted by atomic mass is 32.1. The van der Waals surface area contributed by atoms with Crippen molar-refractivity contribution in [1.82, 2.24) is 0 Å². The Hall–Kier alpha value is -2.73. The summed E-state index contributed by atoms with van der Waals surface area (Å²) in [6.45, 7) is 4.79. The van der Waals surface area contributed by atoms with E-state index in [0.717, 1.165) is 47.6 Å². The number of aryl methyl sites for hydroxylation is 1. The highest BCUT2D eigenvalue weighted by Gasteiger charge is 2.30. The van der Waals surface area contributed by atoms with Gasteiger partial charge in [0.2, 0.25) is 5.91 Å². The minimum absolute atomic E-state index is 0.119. The minimum atomic E-state index is -0.119. The lowest BCUT2D eigenvalue weighted by Gasteiger charge is -2.40. The highest BCUT2D eigenvalue weighted by molar-refractivity contribution is 7.16. The molecule has 0 atom stereocenters. The number of ether oxygens (including phenoxy) is 1. The molecule has 1 aliphatic heterocycles. The van der Waals surface area contributed by atoms with Crippen molar-refractivity contribution in [3.63, 3.8) is 0 Å². The molecule has 0 radical (unpaired) electrons. The predicted molar refractivity (Wildman–Crippen MR) is 138 cm³/mol. The van der Waals surface area contributed by atoms with E-state index >= 15 is 0 Å². The number of carbonyl (C=O) groups is 1. The molecule has 33 heavy (non-hydrogen) atoms. The molecule has 1 saturated heterocycles. The molecule has 4 rings (SSSR count). The molecule has 0 unspecified atom stereocenters. The van der Waals surface area contributed by atoms with E-state index in [0.29, 0.717) is 6.04 Å². The third-order valence-corrected chi connectivity index (χ3v) is 7.45. The van der Waals surface area contributed by atoms with Crippen LogP contribution in [-0.2, 0) is 16.1 Å². The van der Waals surface area contributed by atoms with Gasteiger partial charge in [0.25, 0.3) is 0 Å². The molecule has 172 valence electrons. The van der Waals surface area contributed by atoms with Crippen molar-refractivity contribution < 1.29 is 14.0 Å². The second kappa shape index (κ2) is 10.5. The van der Waals surface area contributed by atoms with Crippen molar-refractivity contribution in [2.24, 2.45) is 0 Å². The van der Waals surface area contributed by atoms with Crippen LogP contribution in [0.5, 0.6) is 0 Å². The number of anilines is 1. The third kappa shape index (κ3) is 6.41. The van der Waals surface area contributed by atoms with E-state index in [-0.39, 0.29) is 5.91 Å². The number of rotatable bonds is 7. The van der Waals surface area contributed by atoms with Gasteiger partial charge in [-0.05, 0) is 42.8 Å². The lowest BCUT2D eigenvalue weighted by atomic mass is 10.0. The zero-order valence-corrected chi connectivity index (χ0v) is 20.5. The molecule has 0 spiro atoms. The molecule has 4 nitrogen and oxygen atoms in total. The Morgan fingerprint density at radius 2 is 1.73 bits per heavy atom. The van der Waals surface area contributed by atoms with Crippen molar-refractivity contribution in [3.8, 4) is 10.4 Å². The zero-order valence-electron chi connectivity index (χ0n) is 19.7. The number of benzene rings is 2. The number of quaternary nitrogens is 1. The summed E-state index contributed by atoms with van der Waals surface area (Å²) in [6, 6.07) is 21.5. The van der Waals surface area contributed by atoms with Crippen LogP contribution in [0.3, 0.4) is 0 Å². The van der Waals surface area contributed by atoms with Gasteiger partial charge in [-0.2, -0.15) is 0 Å². The summed E-state index contributed by atoms with van der Waals surface area (Å²) in [5.74, 6) is -0.119. The second-order valence-corrected chi connectivity index (χ2v) is 10.5. The number of thiophene rings is 1. The highest BCUT2D eigenvalue weighted by Crippen LogP contribution is 2.29. The fraction of sp³-hybridized carbons (Fsp3) is 0.321. The molecule has 0 aliphatic carbocycles. The van der Waals surface area contributed by atoms with Gasteiger partial charge in [0.15, 0.2) is 0 Å². The van der Waals surface area contributed by atoms with Crippen LogP contribution in [0, 0.1) is 6.92 Å². The quantitative estimate of drug-likeness (QED) is 0.339. The molecule has 1 fully saturated rings. The molecular formula is C28H33N2O2S+. The molecule has 0 bridgehead atoms. The van der Waals surface area contributed by atoms with E-state index in [1.165, 1.54) is 21.6 Å². The van der Waals surface area contributed by atoms with Crippen LogP contribution in [-0.4, -0.2) is 43.7 Å². The van der Waals surface area contributed by atoms with Crippen LogP contribution in [0.25, 0.3) is 16.5 Å². The van der Waals surface area contributed by atoms with Crippen LogP contribution >= 0.6 is 11.3 Å². The fourth-order valence-electron chi connectivity index (χ4n) is 4.33. The molecular weight excluding hydrogens is 428 g/mol. The number of hydrogen-bond acceptors (Lipinski definition) is 3. The molecule has 0 saturated carbocycles. The first kappa shape index (κ1) is 23.4. The van der Waals surface area contributed by atoms with Crippen molar-refractivity contribution >= 4 is 29.0 Å². The van der Waals surface area contributed by atoms with E-state index in [9.17, 15) is 4.79 Å². The van der Waals surface area contributed by atoms with Crippen LogP contribution < -0.4 is 5.32 Å². The van der Waals surface area contributed by atoms with Crippen LogP contribution in [0.2, 0.25) is 0 Å². The summed E-state index contributed by atoms with van der Waals surface area (Å²) in [5, 5.41) is 2.97. The Morgan fingerprint density at radius 3 is 2.42 bits per heavy atom. The Bertz CT molecular complexity index is 1090. The van der Waals surface area contributed by atoms with Crippen LogP contribution in [0.1, 0.15) is 28.8 Å². The summed E-state index contributed by atoms with van der Waals surface area (Å²) in [7, 11) is 4.59. The van der Waals surface area contributed by atoms with Gasteiger partial charge in [-0.1, -0.05) is 42.0 Å². The summed E-state index contributed by atoms with van der Waals surface area (Å²) >= 11 is 1.68. The Kier molecular flexibility index (Phi) is 7.43. The standard InChI is InChI=1S/C28H32N2O2S/c1-21-4-8-23(9-5-21)27-14-12-26(33-27)13-15-28(31)29-24-10-6-22(7-11-24)20-30(2,3)25-16-18-32-19-17-25/h4-15,25H,16-20H2,1-3H3/p+1. The number of amides is 1. The van der Waals surface area contributed by atoms with Crippen molar-refractivity contribution in [2.45, 2.75) is 32.4 Å². The van der Waals surface area contributed by atoms with Gasteiger partial charge < -0.3 is 14.5 Å². The Morgan fingerprint density at radius 1 is 1.03 bits per heavy atom. The van der Waals surface area contributed by atoms with E-state index in [1.54, 1.807) is 17.4 Å². The number of carbonyl (C=O) groups excluding carboxylic acids is 1. The summed E-state index contributed by atoms with van der Waals surface area (Å²) < 4.78 is 6.48. The summed E-state index contributed by atoms with van der Waals surface area (Å²) in [6.07, 6.45) is 5.71. The molecule has 5 heteroatoms. The van der Waals surface area contributed by atoms with E-state index in [4.69, 9.17) is 4.74 Å².